The van der Waals surface area contributed by atoms with E-state index in [1.807, 2.05) is 11.0 Å². The molecule has 0 atom stereocenters. The first-order valence-corrected chi connectivity index (χ1v) is 12.2. The number of likely N-dealkylation sites (tertiary alicyclic amines) is 1. The van der Waals surface area contributed by atoms with Gasteiger partial charge in [0.05, 0.1) is 10.6 Å². The number of nitrogens with zero attached hydrogens (tertiary/aromatic N) is 3. The van der Waals surface area contributed by atoms with E-state index >= 15 is 0 Å². The Hall–Kier alpha value is -2.32. The van der Waals surface area contributed by atoms with E-state index in [0.29, 0.717) is 31.7 Å². The number of carbonyl (C=O) groups excluding carboxylic acids is 1. The van der Waals surface area contributed by atoms with Crippen LogP contribution in [0, 0.1) is 5.92 Å². The lowest BCUT2D eigenvalue weighted by atomic mass is 9.94. The molecule has 2 aliphatic heterocycles. The van der Waals surface area contributed by atoms with Crippen LogP contribution in [0.5, 0.6) is 0 Å². The summed E-state index contributed by atoms with van der Waals surface area (Å²) in [5.41, 5.74) is 0.485. The molecule has 0 saturated carbocycles. The van der Waals surface area contributed by atoms with Crippen LogP contribution in [0.1, 0.15) is 36.8 Å². The third-order valence-electron chi connectivity index (χ3n) is 6.81. The van der Waals surface area contributed by atoms with Gasteiger partial charge < -0.3 is 15.1 Å². The zero-order valence-electron chi connectivity index (χ0n) is 19.0. The Bertz CT molecular complexity index is 956. The molecule has 4 rings (SSSR count). The fraction of sp³-hybridized carbons (Fsp3) is 0.520. The number of alkyl halides is 3. The molecule has 1 N–H and O–H groups in total. The Labute approximate surface area is 203 Å². The topological polar surface area (TPSA) is 48.5 Å². The normalized spacial score (nSPS) is 18.8. The number of nitrogens with one attached hydrogen (secondary N) is 1. The summed E-state index contributed by atoms with van der Waals surface area (Å²) in [6, 6.07) is 11.6. The molecule has 9 heteroatoms. The number of carbonyl (C=O) groups is 1. The van der Waals surface area contributed by atoms with Gasteiger partial charge in [-0.05, 0) is 43.7 Å². The van der Waals surface area contributed by atoms with Crippen molar-refractivity contribution in [1.82, 2.24) is 15.2 Å². The molecule has 3 heterocycles. The van der Waals surface area contributed by atoms with E-state index in [-0.39, 0.29) is 22.9 Å². The molecule has 1 aromatic heterocycles. The van der Waals surface area contributed by atoms with Crippen LogP contribution in [0.3, 0.4) is 0 Å². The van der Waals surface area contributed by atoms with Crippen LogP contribution >= 0.6 is 11.6 Å². The zero-order valence-corrected chi connectivity index (χ0v) is 19.8. The summed E-state index contributed by atoms with van der Waals surface area (Å²) in [4.78, 5) is 21.1. The number of anilines is 1. The van der Waals surface area contributed by atoms with Crippen molar-refractivity contribution in [2.75, 3.05) is 37.6 Å². The molecule has 0 aliphatic carbocycles. The Morgan fingerprint density at radius 3 is 2.35 bits per heavy atom. The maximum Gasteiger partial charge on any atom is 0.417 e. The summed E-state index contributed by atoms with van der Waals surface area (Å²) in [5.74, 6) is 0.325. The lowest BCUT2D eigenvalue weighted by Gasteiger charge is -2.35. The predicted molar refractivity (Wildman–Crippen MR) is 127 cm³/mol. The van der Waals surface area contributed by atoms with Gasteiger partial charge in [0.1, 0.15) is 5.82 Å². The minimum atomic E-state index is -4.47. The van der Waals surface area contributed by atoms with E-state index in [1.165, 1.54) is 5.56 Å². The van der Waals surface area contributed by atoms with Crippen molar-refractivity contribution in [1.29, 1.82) is 0 Å². The summed E-state index contributed by atoms with van der Waals surface area (Å²) in [6.07, 6.45) is 0.523. The van der Waals surface area contributed by atoms with E-state index in [9.17, 15) is 18.0 Å². The van der Waals surface area contributed by atoms with Crippen molar-refractivity contribution >= 4 is 23.3 Å². The zero-order chi connectivity index (χ0) is 24.1. The summed E-state index contributed by atoms with van der Waals surface area (Å²) in [6.45, 7) is 4.06. The largest absolute Gasteiger partial charge is 0.417 e. The van der Waals surface area contributed by atoms with Crippen LogP contribution < -0.4 is 10.2 Å². The fourth-order valence-electron chi connectivity index (χ4n) is 4.72. The summed E-state index contributed by atoms with van der Waals surface area (Å²) < 4.78 is 38.5. The average molecular weight is 495 g/mol. The first-order chi connectivity index (χ1) is 16.3. The molecule has 2 aliphatic rings. The number of hydrogen-bond donors (Lipinski definition) is 1. The molecule has 0 bridgehead atoms. The molecule has 2 fully saturated rings. The second-order valence-corrected chi connectivity index (χ2v) is 9.56. The number of aromatic nitrogens is 1. The first-order valence-electron chi connectivity index (χ1n) is 11.8. The Morgan fingerprint density at radius 2 is 1.74 bits per heavy atom. The monoisotopic (exact) mass is 494 g/mol. The van der Waals surface area contributed by atoms with Gasteiger partial charge in [0.15, 0.2) is 0 Å². The fourth-order valence-corrected chi connectivity index (χ4v) is 5.01. The third-order valence-corrected chi connectivity index (χ3v) is 7.09. The van der Waals surface area contributed by atoms with Gasteiger partial charge in [-0.15, -0.1) is 0 Å². The van der Waals surface area contributed by atoms with E-state index in [4.69, 9.17) is 11.6 Å². The maximum absolute atomic E-state index is 12.8. The van der Waals surface area contributed by atoms with Gasteiger partial charge in [-0.1, -0.05) is 41.9 Å². The molecule has 5 nitrogen and oxygen atoms in total. The first kappa shape index (κ1) is 24.8. The number of halogens is 4. The quantitative estimate of drug-likeness (QED) is 0.627. The molecule has 0 radical (unpaired) electrons. The maximum atomic E-state index is 12.8. The van der Waals surface area contributed by atoms with E-state index in [0.717, 1.165) is 51.2 Å². The number of amides is 1. The summed E-state index contributed by atoms with van der Waals surface area (Å²) >= 11 is 6.08. The van der Waals surface area contributed by atoms with Crippen molar-refractivity contribution in [3.63, 3.8) is 0 Å². The number of pyridine rings is 1. The van der Waals surface area contributed by atoms with Crippen LogP contribution in [0.2, 0.25) is 5.02 Å². The van der Waals surface area contributed by atoms with Crippen molar-refractivity contribution in [2.24, 2.45) is 5.92 Å². The molecule has 2 saturated heterocycles. The minimum Gasteiger partial charge on any atom is -0.355 e. The van der Waals surface area contributed by atoms with Gasteiger partial charge in [0, 0.05) is 50.9 Å². The third kappa shape index (κ3) is 6.42. The van der Waals surface area contributed by atoms with Gasteiger partial charge in [-0.2, -0.15) is 13.2 Å². The van der Waals surface area contributed by atoms with Crippen LogP contribution in [-0.2, 0) is 17.4 Å². The number of rotatable bonds is 6. The van der Waals surface area contributed by atoms with Gasteiger partial charge >= 0.3 is 6.18 Å². The molecule has 1 amide bonds. The van der Waals surface area contributed by atoms with Crippen LogP contribution in [0.15, 0.2) is 42.6 Å². The molecule has 0 spiro atoms. The van der Waals surface area contributed by atoms with Crippen LogP contribution in [0.25, 0.3) is 0 Å². The summed E-state index contributed by atoms with van der Waals surface area (Å²) in [5, 5.41) is 3.21. The number of piperidine rings is 2. The SMILES string of the molecule is O=C(NC1CCN(CCc2ccccc2)CC1)C1CCN(c2ncc(C(F)(F)F)cc2Cl)CC1. The predicted octanol–water partition coefficient (Wildman–Crippen LogP) is 4.79. The van der Waals surface area contributed by atoms with E-state index in [1.54, 1.807) is 0 Å². The Morgan fingerprint density at radius 1 is 1.06 bits per heavy atom. The molecule has 0 unspecified atom stereocenters. The molecule has 2 aromatic rings. The molecular weight excluding hydrogens is 465 g/mol. The lowest BCUT2D eigenvalue weighted by molar-refractivity contribution is -0.137. The van der Waals surface area contributed by atoms with Crippen molar-refractivity contribution in [3.8, 4) is 0 Å². The minimum absolute atomic E-state index is 0.0169. The Kier molecular flexibility index (Phi) is 7.99. The second-order valence-electron chi connectivity index (χ2n) is 9.15. The van der Waals surface area contributed by atoms with Gasteiger partial charge in [0.25, 0.3) is 0 Å². The van der Waals surface area contributed by atoms with Crippen LogP contribution in [0.4, 0.5) is 19.0 Å². The van der Waals surface area contributed by atoms with Gasteiger partial charge in [0.2, 0.25) is 5.91 Å². The molecule has 34 heavy (non-hydrogen) atoms. The number of hydrogen-bond acceptors (Lipinski definition) is 4. The van der Waals surface area contributed by atoms with Crippen molar-refractivity contribution < 1.29 is 18.0 Å². The second kappa shape index (κ2) is 11.0. The molecule has 1 aromatic carbocycles. The van der Waals surface area contributed by atoms with Gasteiger partial charge in [-0.3, -0.25) is 4.79 Å². The highest BCUT2D eigenvalue weighted by Crippen LogP contribution is 2.34. The van der Waals surface area contributed by atoms with E-state index in [2.05, 4.69) is 39.5 Å². The average Bonchev–Trinajstić information content (AvgIpc) is 2.84. The Balaban J connectivity index is 1.19. The van der Waals surface area contributed by atoms with Crippen LogP contribution in [-0.4, -0.2) is 54.6 Å². The van der Waals surface area contributed by atoms with Crippen molar-refractivity contribution in [3.05, 3.63) is 58.7 Å². The number of benzene rings is 1. The van der Waals surface area contributed by atoms with E-state index < -0.39 is 11.7 Å². The van der Waals surface area contributed by atoms with Gasteiger partial charge in [-0.25, -0.2) is 4.98 Å². The van der Waals surface area contributed by atoms with Crippen molar-refractivity contribution in [2.45, 2.75) is 44.3 Å². The summed E-state index contributed by atoms with van der Waals surface area (Å²) in [7, 11) is 0. The standard InChI is InChI=1S/C25H30ClF3N4O/c26-22-16-20(25(27,28)29)17-30-23(22)33-14-7-19(8-15-33)24(34)31-21-9-12-32(13-10-21)11-6-18-4-2-1-3-5-18/h1-5,16-17,19,21H,6-15H2,(H,31,34). The lowest BCUT2D eigenvalue weighted by Crippen LogP contribution is -2.48. The highest BCUT2D eigenvalue weighted by atomic mass is 35.5. The highest BCUT2D eigenvalue weighted by Gasteiger charge is 2.33. The molecule has 184 valence electrons. The highest BCUT2D eigenvalue weighted by molar-refractivity contribution is 6.33. The smallest absolute Gasteiger partial charge is 0.355 e. The molecular formula is C25H30ClF3N4O.